The van der Waals surface area contributed by atoms with Crippen molar-refractivity contribution in [1.29, 1.82) is 0 Å². The number of nitro groups is 2. The standard InChI is InChI=1S/C15H8Cl2N2O8/c16-8-1-3-10(18(22)23)12(5-8)26-14(20)7-15(21)27-13-6-9(17)2-4-11(13)19(24)25/h1-6H,7H2. The van der Waals surface area contributed by atoms with Crippen LogP contribution in [0.4, 0.5) is 11.4 Å². The molecule has 12 heteroatoms. The molecule has 10 nitrogen and oxygen atoms in total. The average molecular weight is 415 g/mol. The molecule has 2 aromatic carbocycles. The van der Waals surface area contributed by atoms with Crippen molar-refractivity contribution in [3.05, 3.63) is 66.7 Å². The summed E-state index contributed by atoms with van der Waals surface area (Å²) in [6.45, 7) is 0. The highest BCUT2D eigenvalue weighted by Gasteiger charge is 2.23. The second-order valence-electron chi connectivity index (χ2n) is 4.86. The molecule has 0 heterocycles. The molecular weight excluding hydrogens is 407 g/mol. The van der Waals surface area contributed by atoms with E-state index in [1.165, 1.54) is 12.1 Å². The summed E-state index contributed by atoms with van der Waals surface area (Å²) in [6.07, 6.45) is -0.965. The van der Waals surface area contributed by atoms with Crippen LogP contribution in [-0.2, 0) is 9.59 Å². The van der Waals surface area contributed by atoms with Crippen LogP contribution in [-0.4, -0.2) is 21.8 Å². The third kappa shape index (κ3) is 5.36. The molecule has 0 aromatic heterocycles. The first-order chi connectivity index (χ1) is 12.7. The Hall–Kier alpha value is -3.24. The molecule has 0 N–H and O–H groups in total. The Balaban J connectivity index is 2.11. The van der Waals surface area contributed by atoms with Crippen molar-refractivity contribution >= 4 is 46.5 Å². The molecule has 140 valence electrons. The summed E-state index contributed by atoms with van der Waals surface area (Å²) in [4.78, 5) is 43.9. The van der Waals surface area contributed by atoms with E-state index in [-0.39, 0.29) is 10.0 Å². The first kappa shape index (κ1) is 20.1. The van der Waals surface area contributed by atoms with Crippen LogP contribution in [0.2, 0.25) is 10.0 Å². The maximum absolute atomic E-state index is 11.8. The highest BCUT2D eigenvalue weighted by Crippen LogP contribution is 2.31. The summed E-state index contributed by atoms with van der Waals surface area (Å²) in [5, 5.41) is 22.0. The number of carbonyl (C=O) groups excluding carboxylic acids is 2. The second kappa shape index (κ2) is 8.43. The molecule has 0 radical (unpaired) electrons. The molecular formula is C15H8Cl2N2O8. The molecule has 0 bridgehead atoms. The SMILES string of the molecule is O=C(CC(=O)Oc1cc(Cl)ccc1[N+](=O)[O-])Oc1cc(Cl)ccc1[N+](=O)[O-]. The zero-order chi connectivity index (χ0) is 20.1. The van der Waals surface area contributed by atoms with Crippen LogP contribution in [0.25, 0.3) is 0 Å². The van der Waals surface area contributed by atoms with E-state index in [4.69, 9.17) is 32.7 Å². The molecule has 0 unspecified atom stereocenters. The minimum absolute atomic E-state index is 0.0699. The molecule has 0 atom stereocenters. The van der Waals surface area contributed by atoms with Crippen LogP contribution in [0, 0.1) is 20.2 Å². The third-order valence-electron chi connectivity index (χ3n) is 2.97. The van der Waals surface area contributed by atoms with Crippen molar-refractivity contribution in [3.8, 4) is 11.5 Å². The maximum atomic E-state index is 11.8. The van der Waals surface area contributed by atoms with E-state index < -0.39 is 51.1 Å². The Labute approximate surface area is 160 Å². The van der Waals surface area contributed by atoms with Crippen molar-refractivity contribution in [2.45, 2.75) is 6.42 Å². The Morgan fingerprint density at radius 1 is 0.815 bits per heavy atom. The van der Waals surface area contributed by atoms with E-state index in [1.54, 1.807) is 0 Å². The lowest BCUT2D eigenvalue weighted by Crippen LogP contribution is -2.19. The Morgan fingerprint density at radius 3 is 1.52 bits per heavy atom. The highest BCUT2D eigenvalue weighted by atomic mass is 35.5. The normalized spacial score (nSPS) is 10.1. The van der Waals surface area contributed by atoms with Crippen LogP contribution in [0.1, 0.15) is 6.42 Å². The molecule has 0 aliphatic rings. The van der Waals surface area contributed by atoms with Gasteiger partial charge in [0, 0.05) is 34.3 Å². The van der Waals surface area contributed by atoms with Crippen LogP contribution in [0.15, 0.2) is 36.4 Å². The van der Waals surface area contributed by atoms with Crippen molar-refractivity contribution in [3.63, 3.8) is 0 Å². The molecule has 2 aromatic rings. The van der Waals surface area contributed by atoms with E-state index in [0.717, 1.165) is 24.3 Å². The smallest absolute Gasteiger partial charge is 0.322 e. The lowest BCUT2D eigenvalue weighted by atomic mass is 10.3. The molecule has 0 fully saturated rings. The molecule has 0 spiro atoms. The molecule has 0 aliphatic heterocycles. The number of esters is 2. The minimum Gasteiger partial charge on any atom is -0.419 e. The van der Waals surface area contributed by atoms with E-state index in [0.29, 0.717) is 0 Å². The lowest BCUT2D eigenvalue weighted by Gasteiger charge is -2.07. The van der Waals surface area contributed by atoms with E-state index >= 15 is 0 Å². The largest absolute Gasteiger partial charge is 0.419 e. The molecule has 2 rings (SSSR count). The van der Waals surface area contributed by atoms with Gasteiger partial charge in [-0.3, -0.25) is 29.8 Å². The van der Waals surface area contributed by atoms with Crippen molar-refractivity contribution in [1.82, 2.24) is 0 Å². The average Bonchev–Trinajstić information content (AvgIpc) is 2.53. The lowest BCUT2D eigenvalue weighted by molar-refractivity contribution is -0.385. The number of nitro benzene ring substituents is 2. The number of benzene rings is 2. The predicted octanol–water partition coefficient (Wildman–Crippen LogP) is 3.71. The summed E-state index contributed by atoms with van der Waals surface area (Å²) in [6, 6.07) is 6.57. The summed E-state index contributed by atoms with van der Waals surface area (Å²) >= 11 is 11.4. The molecule has 0 saturated carbocycles. The van der Waals surface area contributed by atoms with E-state index in [2.05, 4.69) is 0 Å². The summed E-state index contributed by atoms with van der Waals surface area (Å²) in [5.74, 6) is -3.29. The first-order valence-electron chi connectivity index (χ1n) is 6.96. The summed E-state index contributed by atoms with van der Waals surface area (Å²) < 4.78 is 9.54. The third-order valence-corrected chi connectivity index (χ3v) is 3.44. The monoisotopic (exact) mass is 414 g/mol. The number of carbonyl (C=O) groups is 2. The van der Waals surface area contributed by atoms with Gasteiger partial charge in [0.05, 0.1) is 9.85 Å². The van der Waals surface area contributed by atoms with Gasteiger partial charge in [0.15, 0.2) is 0 Å². The Kier molecular flexibility index (Phi) is 6.27. The fraction of sp³-hybridized carbons (Fsp3) is 0.0667. The van der Waals surface area contributed by atoms with Gasteiger partial charge in [0.25, 0.3) is 0 Å². The van der Waals surface area contributed by atoms with Gasteiger partial charge in [0.2, 0.25) is 11.5 Å². The molecule has 0 amide bonds. The van der Waals surface area contributed by atoms with Crippen LogP contribution in [0.5, 0.6) is 11.5 Å². The number of hydrogen-bond acceptors (Lipinski definition) is 8. The van der Waals surface area contributed by atoms with Crippen molar-refractivity contribution < 1.29 is 28.9 Å². The maximum Gasteiger partial charge on any atom is 0.322 e. The fourth-order valence-corrected chi connectivity index (χ4v) is 2.20. The number of hydrogen-bond donors (Lipinski definition) is 0. The van der Waals surface area contributed by atoms with Gasteiger partial charge in [-0.25, -0.2) is 0 Å². The highest BCUT2D eigenvalue weighted by molar-refractivity contribution is 6.31. The Bertz CT molecular complexity index is 872. The van der Waals surface area contributed by atoms with Gasteiger partial charge < -0.3 is 9.47 Å². The van der Waals surface area contributed by atoms with Crippen molar-refractivity contribution in [2.75, 3.05) is 0 Å². The zero-order valence-corrected chi connectivity index (χ0v) is 14.6. The quantitative estimate of drug-likeness (QED) is 0.229. The van der Waals surface area contributed by atoms with Crippen LogP contribution >= 0.6 is 23.2 Å². The number of nitrogens with zero attached hydrogens (tertiary/aromatic N) is 2. The minimum atomic E-state index is -1.19. The Morgan fingerprint density at radius 2 is 1.19 bits per heavy atom. The fourth-order valence-electron chi connectivity index (χ4n) is 1.88. The summed E-state index contributed by atoms with van der Waals surface area (Å²) in [5.41, 5.74) is -1.07. The number of rotatable bonds is 6. The van der Waals surface area contributed by atoms with Gasteiger partial charge in [-0.15, -0.1) is 0 Å². The predicted molar refractivity (Wildman–Crippen MR) is 92.1 cm³/mol. The number of halogens is 2. The molecule has 0 saturated heterocycles. The van der Waals surface area contributed by atoms with Crippen LogP contribution < -0.4 is 9.47 Å². The van der Waals surface area contributed by atoms with E-state index in [9.17, 15) is 29.8 Å². The van der Waals surface area contributed by atoms with Gasteiger partial charge in [0.1, 0.15) is 6.42 Å². The topological polar surface area (TPSA) is 139 Å². The second-order valence-corrected chi connectivity index (χ2v) is 5.74. The van der Waals surface area contributed by atoms with Crippen LogP contribution in [0.3, 0.4) is 0 Å². The number of ether oxygens (including phenoxy) is 2. The van der Waals surface area contributed by atoms with Gasteiger partial charge >= 0.3 is 23.3 Å². The molecule has 0 aliphatic carbocycles. The summed E-state index contributed by atoms with van der Waals surface area (Å²) in [7, 11) is 0. The first-order valence-corrected chi connectivity index (χ1v) is 7.72. The van der Waals surface area contributed by atoms with Gasteiger partial charge in [-0.2, -0.15) is 0 Å². The van der Waals surface area contributed by atoms with Crippen molar-refractivity contribution in [2.24, 2.45) is 0 Å². The molecule has 27 heavy (non-hydrogen) atoms. The van der Waals surface area contributed by atoms with Gasteiger partial charge in [-0.1, -0.05) is 23.2 Å². The van der Waals surface area contributed by atoms with Gasteiger partial charge in [-0.05, 0) is 12.1 Å². The van der Waals surface area contributed by atoms with E-state index in [1.807, 2.05) is 0 Å². The zero-order valence-electron chi connectivity index (χ0n) is 13.1.